The zero-order valence-electron chi connectivity index (χ0n) is 18.8. The summed E-state index contributed by atoms with van der Waals surface area (Å²) in [5, 5.41) is 12.7. The fourth-order valence-corrected chi connectivity index (χ4v) is 4.68. The minimum absolute atomic E-state index is 0.104. The van der Waals surface area contributed by atoms with Crippen LogP contribution < -0.4 is 10.1 Å². The van der Waals surface area contributed by atoms with E-state index in [9.17, 15) is 27.9 Å². The first-order chi connectivity index (χ1) is 15.7. The van der Waals surface area contributed by atoms with Gasteiger partial charge in [-0.05, 0) is 47.7 Å². The van der Waals surface area contributed by atoms with E-state index < -0.39 is 35.1 Å². The molecule has 0 aliphatic rings. The Morgan fingerprint density at radius 3 is 2.26 bits per heavy atom. The highest BCUT2D eigenvalue weighted by atomic mass is 35.5. The van der Waals surface area contributed by atoms with Gasteiger partial charge in [0, 0.05) is 10.1 Å². The molecule has 0 aliphatic carbocycles. The van der Waals surface area contributed by atoms with Crippen LogP contribution in [0.25, 0.3) is 10.1 Å². The normalized spacial score (nSPS) is 13.1. The molecule has 0 fully saturated rings. The van der Waals surface area contributed by atoms with Crippen LogP contribution in [0.4, 0.5) is 13.2 Å². The summed E-state index contributed by atoms with van der Waals surface area (Å²) >= 11 is 7.59. The molecule has 1 aromatic heterocycles. The summed E-state index contributed by atoms with van der Waals surface area (Å²) in [6.07, 6.45) is -4.45. The molecule has 10 heteroatoms. The molecular weight excluding hydrogens is 491 g/mol. The van der Waals surface area contributed by atoms with Crippen LogP contribution in [0, 0.1) is 12.3 Å². The van der Waals surface area contributed by atoms with Crippen LogP contribution in [-0.4, -0.2) is 23.0 Å². The van der Waals surface area contributed by atoms with Gasteiger partial charge in [0.2, 0.25) is 0 Å². The monoisotopic (exact) mass is 513 g/mol. The van der Waals surface area contributed by atoms with E-state index in [0.717, 1.165) is 16.8 Å². The molecule has 0 unspecified atom stereocenters. The number of carboxylic acids is 1. The SMILES string of the molecule is Cc1c(Cl)sc2ccc(C(=O)N[C@H](C(=O)O)C(C)(C)C)c(OCc3ccc(C(F)(F)F)cc3)c12. The molecule has 1 amide bonds. The van der Waals surface area contributed by atoms with Crippen LogP contribution in [0.3, 0.4) is 0 Å². The highest BCUT2D eigenvalue weighted by molar-refractivity contribution is 7.23. The fraction of sp³-hybridized carbons (Fsp3) is 0.333. The van der Waals surface area contributed by atoms with E-state index in [1.165, 1.54) is 29.5 Å². The largest absolute Gasteiger partial charge is 0.487 e. The summed E-state index contributed by atoms with van der Waals surface area (Å²) < 4.78 is 45.8. The number of hydrogen-bond donors (Lipinski definition) is 2. The van der Waals surface area contributed by atoms with Crippen LogP contribution in [0.1, 0.15) is 47.8 Å². The number of nitrogens with one attached hydrogen (secondary N) is 1. The Morgan fingerprint density at radius 2 is 1.74 bits per heavy atom. The minimum atomic E-state index is -4.45. The average molecular weight is 514 g/mol. The lowest BCUT2D eigenvalue weighted by Gasteiger charge is -2.28. The number of aryl methyl sites for hydroxylation is 1. The van der Waals surface area contributed by atoms with Gasteiger partial charge in [0.1, 0.15) is 18.4 Å². The molecule has 0 saturated heterocycles. The van der Waals surface area contributed by atoms with Crippen molar-refractivity contribution in [3.05, 3.63) is 63.0 Å². The number of ether oxygens (including phenoxy) is 1. The molecule has 3 aromatic rings. The van der Waals surface area contributed by atoms with Crippen LogP contribution in [0.15, 0.2) is 36.4 Å². The second-order valence-corrected chi connectivity index (χ2v) is 10.6. The molecule has 2 aromatic carbocycles. The summed E-state index contributed by atoms with van der Waals surface area (Å²) in [4.78, 5) is 24.9. The highest BCUT2D eigenvalue weighted by Gasteiger charge is 2.34. The third-order valence-electron chi connectivity index (χ3n) is 5.29. The smallest absolute Gasteiger partial charge is 0.416 e. The number of carbonyl (C=O) groups is 2. The second kappa shape index (κ2) is 9.46. The molecule has 182 valence electrons. The standard InChI is InChI=1S/C24H23ClF3NO4S/c1-12-17-16(34-20(12)25)10-9-15(21(30)29-19(22(31)32)23(2,3)4)18(17)33-11-13-5-7-14(8-6-13)24(26,27)28/h5-10,19H,11H2,1-4H3,(H,29,30)(H,31,32)/t19-/m1/s1. The Hall–Kier alpha value is -2.78. The van der Waals surface area contributed by atoms with E-state index in [-0.39, 0.29) is 17.9 Å². The number of rotatable bonds is 6. The molecule has 5 nitrogen and oxygen atoms in total. The molecule has 0 bridgehead atoms. The van der Waals surface area contributed by atoms with Gasteiger partial charge in [-0.25, -0.2) is 4.79 Å². The van der Waals surface area contributed by atoms with Crippen LogP contribution in [0.5, 0.6) is 5.75 Å². The van der Waals surface area contributed by atoms with E-state index in [2.05, 4.69) is 5.32 Å². The average Bonchev–Trinajstić information content (AvgIpc) is 3.02. The molecule has 0 saturated carbocycles. The van der Waals surface area contributed by atoms with Gasteiger partial charge in [0.15, 0.2) is 0 Å². The van der Waals surface area contributed by atoms with Crippen molar-refractivity contribution in [2.24, 2.45) is 5.41 Å². The molecular formula is C24H23ClF3NO4S. The van der Waals surface area contributed by atoms with Crippen molar-refractivity contribution in [2.75, 3.05) is 0 Å². The van der Waals surface area contributed by atoms with Crippen LogP contribution >= 0.6 is 22.9 Å². The summed E-state index contributed by atoms with van der Waals surface area (Å²) in [7, 11) is 0. The van der Waals surface area contributed by atoms with Gasteiger partial charge in [0.25, 0.3) is 5.91 Å². The van der Waals surface area contributed by atoms with Crippen molar-refractivity contribution in [1.29, 1.82) is 0 Å². The van der Waals surface area contributed by atoms with E-state index in [4.69, 9.17) is 16.3 Å². The van der Waals surface area contributed by atoms with Gasteiger partial charge in [-0.15, -0.1) is 11.3 Å². The second-order valence-electron chi connectivity index (χ2n) is 8.91. The molecule has 0 aliphatic heterocycles. The van der Waals surface area contributed by atoms with Gasteiger partial charge in [-0.3, -0.25) is 4.79 Å². The number of alkyl halides is 3. The quantitative estimate of drug-likeness (QED) is 0.385. The van der Waals surface area contributed by atoms with Gasteiger partial charge in [-0.1, -0.05) is 44.5 Å². The Kier molecular flexibility index (Phi) is 7.19. The predicted octanol–water partition coefficient (Wildman–Crippen LogP) is 6.69. The fourth-order valence-electron chi connectivity index (χ4n) is 3.41. The van der Waals surface area contributed by atoms with Crippen LogP contribution in [-0.2, 0) is 17.6 Å². The minimum Gasteiger partial charge on any atom is -0.487 e. The number of hydrogen-bond acceptors (Lipinski definition) is 4. The lowest BCUT2D eigenvalue weighted by molar-refractivity contribution is -0.142. The number of carbonyl (C=O) groups excluding carboxylic acids is 1. The molecule has 1 heterocycles. The summed E-state index contributed by atoms with van der Waals surface area (Å²) in [6.45, 7) is 6.75. The number of carboxylic acid groups (broad SMARTS) is 1. The number of thiophene rings is 1. The van der Waals surface area contributed by atoms with Crippen LogP contribution in [0.2, 0.25) is 4.34 Å². The first kappa shape index (κ1) is 25.8. The lowest BCUT2D eigenvalue weighted by Crippen LogP contribution is -2.49. The van der Waals surface area contributed by atoms with Crippen molar-refractivity contribution in [1.82, 2.24) is 5.32 Å². The maximum Gasteiger partial charge on any atom is 0.416 e. The van der Waals surface area contributed by atoms with E-state index in [1.54, 1.807) is 33.8 Å². The van der Waals surface area contributed by atoms with Gasteiger partial charge in [0.05, 0.1) is 15.5 Å². The summed E-state index contributed by atoms with van der Waals surface area (Å²) in [5.74, 6) is -1.63. The van der Waals surface area contributed by atoms with E-state index in [0.29, 0.717) is 20.8 Å². The number of halogens is 4. The molecule has 2 N–H and O–H groups in total. The third-order valence-corrected chi connectivity index (χ3v) is 6.85. The Bertz CT molecular complexity index is 1230. The number of benzene rings is 2. The topological polar surface area (TPSA) is 75.6 Å². The maximum atomic E-state index is 13.1. The van der Waals surface area contributed by atoms with E-state index >= 15 is 0 Å². The molecule has 34 heavy (non-hydrogen) atoms. The van der Waals surface area contributed by atoms with Crippen molar-refractivity contribution >= 4 is 44.9 Å². The number of fused-ring (bicyclic) bond motifs is 1. The van der Waals surface area contributed by atoms with Crippen molar-refractivity contribution in [3.63, 3.8) is 0 Å². The first-order valence-electron chi connectivity index (χ1n) is 10.2. The molecule has 0 radical (unpaired) electrons. The van der Waals surface area contributed by atoms with E-state index in [1.807, 2.05) is 0 Å². The maximum absolute atomic E-state index is 13.1. The third kappa shape index (κ3) is 5.47. The van der Waals surface area contributed by atoms with Gasteiger partial charge in [-0.2, -0.15) is 13.2 Å². The van der Waals surface area contributed by atoms with Crippen molar-refractivity contribution in [2.45, 2.75) is 46.5 Å². The van der Waals surface area contributed by atoms with Gasteiger partial charge < -0.3 is 15.2 Å². The number of amides is 1. The Balaban J connectivity index is 1.99. The molecule has 0 spiro atoms. The summed E-state index contributed by atoms with van der Waals surface area (Å²) in [5.41, 5.74) is -0.278. The Morgan fingerprint density at radius 1 is 1.12 bits per heavy atom. The van der Waals surface area contributed by atoms with Gasteiger partial charge >= 0.3 is 12.1 Å². The summed E-state index contributed by atoms with van der Waals surface area (Å²) in [6, 6.07) is 6.58. The zero-order chi connectivity index (χ0) is 25.4. The predicted molar refractivity (Wildman–Crippen MR) is 126 cm³/mol. The first-order valence-corrected chi connectivity index (χ1v) is 11.4. The van der Waals surface area contributed by atoms with Crippen molar-refractivity contribution in [3.8, 4) is 5.75 Å². The molecule has 3 rings (SSSR count). The lowest BCUT2D eigenvalue weighted by atomic mass is 9.86. The highest BCUT2D eigenvalue weighted by Crippen LogP contribution is 2.42. The Labute approximate surface area is 203 Å². The molecule has 1 atom stereocenters. The zero-order valence-corrected chi connectivity index (χ0v) is 20.4. The number of aliphatic carboxylic acids is 1. The van der Waals surface area contributed by atoms with Crippen molar-refractivity contribution < 1.29 is 32.6 Å².